The number of thiophene rings is 2. The van der Waals surface area contributed by atoms with Gasteiger partial charge in [-0.2, -0.15) is 0 Å². The zero-order valence-electron chi connectivity index (χ0n) is 31.2. The number of anilines is 3. The van der Waals surface area contributed by atoms with Crippen LogP contribution in [-0.4, -0.2) is 0 Å². The zero-order chi connectivity index (χ0) is 38.2. The molecule has 9 aromatic carbocycles. The molecule has 0 unspecified atom stereocenters. The summed E-state index contributed by atoms with van der Waals surface area (Å²) in [6, 6.07) is 72.5. The topological polar surface area (TPSA) is 16.4 Å². The van der Waals surface area contributed by atoms with Gasteiger partial charge in [-0.15, -0.1) is 22.7 Å². The smallest absolute Gasteiger partial charge is 0.143 e. The highest BCUT2D eigenvalue weighted by molar-refractivity contribution is 7.26. The normalized spacial score (nSPS) is 11.8. The van der Waals surface area contributed by atoms with Gasteiger partial charge in [-0.05, 0) is 88.5 Å². The number of benzene rings is 9. The summed E-state index contributed by atoms with van der Waals surface area (Å²) in [6.45, 7) is 0. The first kappa shape index (κ1) is 33.2. The molecular formula is C54H33NOS2. The Bertz CT molecular complexity index is 3510. The maximum Gasteiger partial charge on any atom is 0.143 e. The van der Waals surface area contributed by atoms with Crippen LogP contribution in [0.15, 0.2) is 205 Å². The van der Waals surface area contributed by atoms with Crippen molar-refractivity contribution in [3.8, 4) is 33.4 Å². The van der Waals surface area contributed by atoms with Gasteiger partial charge in [-0.1, -0.05) is 140 Å². The second-order valence-corrected chi connectivity index (χ2v) is 16.9. The van der Waals surface area contributed by atoms with Crippen molar-refractivity contribution in [2.24, 2.45) is 0 Å². The van der Waals surface area contributed by atoms with Crippen LogP contribution in [0.1, 0.15) is 0 Å². The molecule has 0 N–H and O–H groups in total. The van der Waals surface area contributed by atoms with Gasteiger partial charge in [-0.25, -0.2) is 0 Å². The molecular weight excluding hydrogens is 743 g/mol. The molecule has 4 heteroatoms. The highest BCUT2D eigenvalue weighted by Gasteiger charge is 2.24. The Labute approximate surface area is 343 Å². The van der Waals surface area contributed by atoms with E-state index in [1.807, 2.05) is 22.7 Å². The molecule has 12 rings (SSSR count). The van der Waals surface area contributed by atoms with Crippen LogP contribution in [0, 0.1) is 0 Å². The van der Waals surface area contributed by atoms with E-state index in [9.17, 15) is 0 Å². The number of furan rings is 1. The van der Waals surface area contributed by atoms with E-state index in [2.05, 4.69) is 205 Å². The molecule has 0 saturated carbocycles. The van der Waals surface area contributed by atoms with Crippen molar-refractivity contribution in [1.29, 1.82) is 0 Å². The third-order valence-corrected chi connectivity index (χ3v) is 13.8. The summed E-state index contributed by atoms with van der Waals surface area (Å²) in [4.78, 5) is 2.48. The van der Waals surface area contributed by atoms with Crippen LogP contribution in [0.4, 0.5) is 17.1 Å². The van der Waals surface area contributed by atoms with Crippen LogP contribution in [0.3, 0.4) is 0 Å². The minimum absolute atomic E-state index is 0.865. The van der Waals surface area contributed by atoms with E-state index in [1.165, 1.54) is 51.5 Å². The molecule has 0 atom stereocenters. The molecule has 0 saturated heterocycles. The molecule has 2 nitrogen and oxygen atoms in total. The molecule has 0 bridgehead atoms. The maximum atomic E-state index is 6.91. The monoisotopic (exact) mass is 775 g/mol. The van der Waals surface area contributed by atoms with E-state index in [1.54, 1.807) is 0 Å². The molecule has 0 aliphatic carbocycles. The largest absolute Gasteiger partial charge is 0.455 e. The van der Waals surface area contributed by atoms with Crippen molar-refractivity contribution < 1.29 is 4.42 Å². The van der Waals surface area contributed by atoms with Crippen LogP contribution in [0.2, 0.25) is 0 Å². The predicted octanol–water partition coefficient (Wildman–Crippen LogP) is 16.8. The lowest BCUT2D eigenvalue weighted by molar-refractivity contribution is 0.670. The average molecular weight is 776 g/mol. The molecule has 0 fully saturated rings. The maximum absolute atomic E-state index is 6.91. The summed E-state index contributed by atoms with van der Waals surface area (Å²) in [6.07, 6.45) is 0. The molecule has 0 aliphatic rings. The van der Waals surface area contributed by atoms with Gasteiger partial charge in [0.25, 0.3) is 0 Å². The minimum Gasteiger partial charge on any atom is -0.455 e. The lowest BCUT2D eigenvalue weighted by Crippen LogP contribution is -2.10. The third kappa shape index (κ3) is 5.23. The summed E-state index contributed by atoms with van der Waals surface area (Å²) in [7, 11) is 0. The quantitative estimate of drug-likeness (QED) is 0.167. The Kier molecular flexibility index (Phi) is 7.62. The van der Waals surface area contributed by atoms with Gasteiger partial charge in [0.05, 0.1) is 5.69 Å². The minimum atomic E-state index is 0.865. The fourth-order valence-corrected chi connectivity index (χ4v) is 11.2. The lowest BCUT2D eigenvalue weighted by Gasteiger charge is -2.27. The van der Waals surface area contributed by atoms with Crippen LogP contribution < -0.4 is 4.90 Å². The third-order valence-electron chi connectivity index (χ3n) is 11.5. The fourth-order valence-electron chi connectivity index (χ4n) is 8.83. The molecule has 58 heavy (non-hydrogen) atoms. The predicted molar refractivity (Wildman–Crippen MR) is 250 cm³/mol. The lowest BCUT2D eigenvalue weighted by atomic mass is 9.94. The number of rotatable bonds is 6. The van der Waals surface area contributed by atoms with Crippen LogP contribution in [0.5, 0.6) is 0 Å². The Balaban J connectivity index is 1.17. The van der Waals surface area contributed by atoms with Crippen molar-refractivity contribution in [3.63, 3.8) is 0 Å². The number of hydrogen-bond acceptors (Lipinski definition) is 4. The van der Waals surface area contributed by atoms with Gasteiger partial charge in [0.1, 0.15) is 11.2 Å². The van der Waals surface area contributed by atoms with Gasteiger partial charge in [0, 0.05) is 68.1 Å². The summed E-state index contributed by atoms with van der Waals surface area (Å²) in [5.41, 5.74) is 12.1. The summed E-state index contributed by atoms with van der Waals surface area (Å²) in [5.74, 6) is 0. The Morgan fingerprint density at radius 1 is 0.362 bits per heavy atom. The Morgan fingerprint density at radius 2 is 0.897 bits per heavy atom. The van der Waals surface area contributed by atoms with Crippen LogP contribution in [0.25, 0.3) is 95.7 Å². The molecule has 0 radical (unpaired) electrons. The van der Waals surface area contributed by atoms with Gasteiger partial charge in [0.15, 0.2) is 0 Å². The van der Waals surface area contributed by atoms with Crippen molar-refractivity contribution >= 4 is 102 Å². The summed E-state index contributed by atoms with van der Waals surface area (Å²) < 4.78 is 12.1. The van der Waals surface area contributed by atoms with Crippen LogP contribution in [-0.2, 0) is 0 Å². The number of hydrogen-bond donors (Lipinski definition) is 0. The SMILES string of the molecule is c1ccc(-c2ccc(-c3ccccc3)c3c2oc2ccc(N(c4ccc5sc6ccccc6c5c4)c4ccc(-c5ccccc5)c5sc6ccccc6c45)cc23)cc1. The van der Waals surface area contributed by atoms with E-state index in [-0.39, 0.29) is 0 Å². The van der Waals surface area contributed by atoms with Crippen molar-refractivity contribution in [3.05, 3.63) is 200 Å². The Hall–Kier alpha value is -6.98. The number of fused-ring (bicyclic) bond motifs is 9. The molecule has 12 aromatic rings. The highest BCUT2D eigenvalue weighted by Crippen LogP contribution is 2.50. The second kappa shape index (κ2) is 13.3. The summed E-state index contributed by atoms with van der Waals surface area (Å²) >= 11 is 3.73. The molecule has 0 spiro atoms. The standard InChI is InChI=1S/C54H33NOS2/c1-4-14-34(15-5-1)39-26-27-40(35-16-6-2-7-17-35)53-51(39)45-33-37(24-30-47(45)56-53)55(38-25-31-50-44(32-38)42-20-10-12-22-48(42)57-50)46-29-28-41(36-18-8-3-9-19-36)54-52(46)43-21-11-13-23-49(43)58-54/h1-33H. The van der Waals surface area contributed by atoms with E-state index in [4.69, 9.17) is 4.42 Å². The fraction of sp³-hybridized carbons (Fsp3) is 0. The number of nitrogens with zero attached hydrogens (tertiary/aromatic N) is 1. The van der Waals surface area contributed by atoms with Gasteiger partial charge in [-0.3, -0.25) is 0 Å². The average Bonchev–Trinajstić information content (AvgIpc) is 3.99. The van der Waals surface area contributed by atoms with E-state index >= 15 is 0 Å². The van der Waals surface area contributed by atoms with E-state index < -0.39 is 0 Å². The summed E-state index contributed by atoms with van der Waals surface area (Å²) in [5, 5.41) is 7.27. The molecule has 0 amide bonds. The first-order valence-electron chi connectivity index (χ1n) is 19.6. The van der Waals surface area contributed by atoms with Gasteiger partial charge >= 0.3 is 0 Å². The second-order valence-electron chi connectivity index (χ2n) is 14.8. The first-order chi connectivity index (χ1) is 28.8. The Morgan fingerprint density at radius 3 is 1.62 bits per heavy atom. The zero-order valence-corrected chi connectivity index (χ0v) is 32.9. The van der Waals surface area contributed by atoms with E-state index in [0.29, 0.717) is 0 Å². The van der Waals surface area contributed by atoms with Crippen LogP contribution >= 0.6 is 22.7 Å². The van der Waals surface area contributed by atoms with Crippen molar-refractivity contribution in [2.45, 2.75) is 0 Å². The van der Waals surface area contributed by atoms with E-state index in [0.717, 1.165) is 61.3 Å². The van der Waals surface area contributed by atoms with Gasteiger partial charge in [0.2, 0.25) is 0 Å². The molecule has 3 aromatic heterocycles. The molecule has 272 valence electrons. The van der Waals surface area contributed by atoms with Crippen molar-refractivity contribution in [2.75, 3.05) is 4.90 Å². The molecule has 3 heterocycles. The van der Waals surface area contributed by atoms with Crippen molar-refractivity contribution in [1.82, 2.24) is 0 Å². The highest BCUT2D eigenvalue weighted by atomic mass is 32.1. The molecule has 0 aliphatic heterocycles. The van der Waals surface area contributed by atoms with Gasteiger partial charge < -0.3 is 9.32 Å². The first-order valence-corrected chi connectivity index (χ1v) is 21.2.